The van der Waals surface area contributed by atoms with Crippen LogP contribution in [0.15, 0.2) is 22.7 Å². The Balaban J connectivity index is 2.50. The number of carbonyl (C=O) groups is 1. The minimum absolute atomic E-state index is 0.0236. The predicted molar refractivity (Wildman–Crippen MR) is 68.4 cm³/mol. The standard InChI is InChI=1S/C12H15BrFNO2/c1-8(17-2)3-6-12(16)15-11-5-4-9(13)7-10(11)14/h4-5,7-8H,3,6H2,1-2H3,(H,15,16). The number of hydrogen-bond donors (Lipinski definition) is 1. The number of amides is 1. The highest BCUT2D eigenvalue weighted by atomic mass is 79.9. The van der Waals surface area contributed by atoms with E-state index in [-0.39, 0.29) is 17.7 Å². The molecule has 0 radical (unpaired) electrons. The van der Waals surface area contributed by atoms with E-state index in [0.717, 1.165) is 0 Å². The molecular formula is C12H15BrFNO2. The Labute approximate surface area is 108 Å². The third-order valence-electron chi connectivity index (χ3n) is 2.39. The molecule has 17 heavy (non-hydrogen) atoms. The summed E-state index contributed by atoms with van der Waals surface area (Å²) < 4.78 is 19.1. The van der Waals surface area contributed by atoms with Gasteiger partial charge in [0.25, 0.3) is 0 Å². The Hall–Kier alpha value is -0.940. The lowest BCUT2D eigenvalue weighted by atomic mass is 10.2. The van der Waals surface area contributed by atoms with Crippen molar-refractivity contribution in [3.05, 3.63) is 28.5 Å². The Morgan fingerprint density at radius 3 is 2.88 bits per heavy atom. The first-order valence-corrected chi connectivity index (χ1v) is 6.10. The normalized spacial score (nSPS) is 12.2. The van der Waals surface area contributed by atoms with Crippen molar-refractivity contribution in [1.82, 2.24) is 0 Å². The van der Waals surface area contributed by atoms with Crippen LogP contribution in [0.3, 0.4) is 0 Å². The fourth-order valence-electron chi connectivity index (χ4n) is 1.26. The molecule has 0 fully saturated rings. The average molecular weight is 304 g/mol. The van der Waals surface area contributed by atoms with Crippen LogP contribution in [-0.2, 0) is 9.53 Å². The van der Waals surface area contributed by atoms with E-state index < -0.39 is 5.82 Å². The highest BCUT2D eigenvalue weighted by Gasteiger charge is 2.09. The molecule has 0 heterocycles. The first kappa shape index (κ1) is 14.1. The van der Waals surface area contributed by atoms with Gasteiger partial charge in [-0.2, -0.15) is 0 Å². The molecule has 1 aromatic carbocycles. The van der Waals surface area contributed by atoms with Gasteiger partial charge in [-0.1, -0.05) is 15.9 Å². The molecule has 0 aliphatic heterocycles. The molecule has 1 unspecified atom stereocenters. The molecule has 0 saturated heterocycles. The summed E-state index contributed by atoms with van der Waals surface area (Å²) in [6.45, 7) is 1.88. The zero-order chi connectivity index (χ0) is 12.8. The molecule has 1 atom stereocenters. The minimum Gasteiger partial charge on any atom is -0.382 e. The lowest BCUT2D eigenvalue weighted by molar-refractivity contribution is -0.116. The maximum absolute atomic E-state index is 13.4. The van der Waals surface area contributed by atoms with E-state index in [1.165, 1.54) is 12.1 Å². The van der Waals surface area contributed by atoms with Crippen molar-refractivity contribution in [2.75, 3.05) is 12.4 Å². The smallest absolute Gasteiger partial charge is 0.224 e. The Kier molecular flexibility index (Phi) is 5.58. The lowest BCUT2D eigenvalue weighted by Crippen LogP contribution is -2.15. The third kappa shape index (κ3) is 4.83. The average Bonchev–Trinajstić information content (AvgIpc) is 2.29. The van der Waals surface area contributed by atoms with E-state index in [9.17, 15) is 9.18 Å². The minimum atomic E-state index is -0.451. The molecule has 94 valence electrons. The van der Waals surface area contributed by atoms with Crippen molar-refractivity contribution < 1.29 is 13.9 Å². The van der Waals surface area contributed by atoms with Crippen molar-refractivity contribution >= 4 is 27.5 Å². The number of ether oxygens (including phenoxy) is 1. The fraction of sp³-hybridized carbons (Fsp3) is 0.417. The zero-order valence-corrected chi connectivity index (χ0v) is 11.4. The van der Waals surface area contributed by atoms with E-state index >= 15 is 0 Å². The maximum Gasteiger partial charge on any atom is 0.224 e. The molecular weight excluding hydrogens is 289 g/mol. The summed E-state index contributed by atoms with van der Waals surface area (Å²) >= 11 is 3.15. The number of benzene rings is 1. The molecule has 0 aliphatic rings. The second-order valence-corrected chi connectivity index (χ2v) is 4.67. The van der Waals surface area contributed by atoms with Gasteiger partial charge in [0.05, 0.1) is 11.8 Å². The van der Waals surface area contributed by atoms with E-state index in [1.54, 1.807) is 13.2 Å². The molecule has 1 amide bonds. The Morgan fingerprint density at radius 1 is 1.59 bits per heavy atom. The van der Waals surface area contributed by atoms with Gasteiger partial charge in [0, 0.05) is 18.0 Å². The first-order valence-electron chi connectivity index (χ1n) is 5.30. The molecule has 3 nitrogen and oxygen atoms in total. The zero-order valence-electron chi connectivity index (χ0n) is 9.80. The second-order valence-electron chi connectivity index (χ2n) is 3.76. The fourth-order valence-corrected chi connectivity index (χ4v) is 1.59. The van der Waals surface area contributed by atoms with Crippen LogP contribution in [0, 0.1) is 5.82 Å². The van der Waals surface area contributed by atoms with Crippen LogP contribution in [0.4, 0.5) is 10.1 Å². The summed E-state index contributed by atoms with van der Waals surface area (Å²) in [4.78, 5) is 11.5. The number of nitrogens with one attached hydrogen (secondary N) is 1. The van der Waals surface area contributed by atoms with Gasteiger partial charge in [-0.15, -0.1) is 0 Å². The number of anilines is 1. The van der Waals surface area contributed by atoms with Crippen LogP contribution in [0.5, 0.6) is 0 Å². The molecule has 0 saturated carbocycles. The second kappa shape index (κ2) is 6.71. The van der Waals surface area contributed by atoms with Crippen LogP contribution in [-0.4, -0.2) is 19.1 Å². The van der Waals surface area contributed by atoms with Crippen LogP contribution < -0.4 is 5.32 Å². The van der Waals surface area contributed by atoms with Gasteiger partial charge in [0.2, 0.25) is 5.91 Å². The van der Waals surface area contributed by atoms with Crippen molar-refractivity contribution in [1.29, 1.82) is 0 Å². The number of methoxy groups -OCH3 is 1. The van der Waals surface area contributed by atoms with Crippen LogP contribution >= 0.6 is 15.9 Å². The van der Waals surface area contributed by atoms with E-state index in [2.05, 4.69) is 21.2 Å². The van der Waals surface area contributed by atoms with Gasteiger partial charge >= 0.3 is 0 Å². The van der Waals surface area contributed by atoms with Gasteiger partial charge < -0.3 is 10.1 Å². The topological polar surface area (TPSA) is 38.3 Å². The highest BCUT2D eigenvalue weighted by Crippen LogP contribution is 2.19. The van der Waals surface area contributed by atoms with E-state index in [1.807, 2.05) is 6.92 Å². The summed E-state index contributed by atoms with van der Waals surface area (Å²) in [7, 11) is 1.59. The van der Waals surface area contributed by atoms with Crippen LogP contribution in [0.25, 0.3) is 0 Å². The summed E-state index contributed by atoms with van der Waals surface area (Å²) in [6.07, 6.45) is 0.945. The molecule has 0 bridgehead atoms. The summed E-state index contributed by atoms with van der Waals surface area (Å²) in [5, 5.41) is 2.53. The van der Waals surface area contributed by atoms with Crippen molar-refractivity contribution in [3.63, 3.8) is 0 Å². The first-order chi connectivity index (χ1) is 8.02. The molecule has 1 N–H and O–H groups in total. The molecule has 0 spiro atoms. The number of halogens is 2. The van der Waals surface area contributed by atoms with E-state index in [0.29, 0.717) is 17.3 Å². The largest absolute Gasteiger partial charge is 0.382 e. The SMILES string of the molecule is COC(C)CCC(=O)Nc1ccc(Br)cc1F. The quantitative estimate of drug-likeness (QED) is 0.906. The van der Waals surface area contributed by atoms with Gasteiger partial charge in [0.1, 0.15) is 5.82 Å². The lowest BCUT2D eigenvalue weighted by Gasteiger charge is -2.10. The van der Waals surface area contributed by atoms with Crippen LogP contribution in [0.2, 0.25) is 0 Å². The van der Waals surface area contributed by atoms with Crippen molar-refractivity contribution in [2.24, 2.45) is 0 Å². The third-order valence-corrected chi connectivity index (χ3v) is 2.88. The highest BCUT2D eigenvalue weighted by molar-refractivity contribution is 9.10. The summed E-state index contributed by atoms with van der Waals surface area (Å²) in [5.74, 6) is -0.664. The van der Waals surface area contributed by atoms with Gasteiger partial charge in [-0.25, -0.2) is 4.39 Å². The molecule has 5 heteroatoms. The van der Waals surface area contributed by atoms with Crippen molar-refractivity contribution in [2.45, 2.75) is 25.9 Å². The Bertz CT molecular complexity index is 398. The number of carbonyl (C=O) groups excluding carboxylic acids is 1. The van der Waals surface area contributed by atoms with Crippen LogP contribution in [0.1, 0.15) is 19.8 Å². The van der Waals surface area contributed by atoms with Crippen molar-refractivity contribution in [3.8, 4) is 0 Å². The maximum atomic E-state index is 13.4. The van der Waals surface area contributed by atoms with Gasteiger partial charge in [-0.05, 0) is 31.5 Å². The van der Waals surface area contributed by atoms with E-state index in [4.69, 9.17) is 4.74 Å². The summed E-state index contributed by atoms with van der Waals surface area (Å²) in [6, 6.07) is 4.51. The number of hydrogen-bond acceptors (Lipinski definition) is 2. The van der Waals surface area contributed by atoms with Gasteiger partial charge in [0.15, 0.2) is 0 Å². The Morgan fingerprint density at radius 2 is 2.29 bits per heavy atom. The molecule has 0 aromatic heterocycles. The molecule has 1 rings (SSSR count). The predicted octanol–water partition coefficient (Wildman–Crippen LogP) is 3.34. The number of rotatable bonds is 5. The monoisotopic (exact) mass is 303 g/mol. The molecule has 1 aromatic rings. The molecule has 0 aliphatic carbocycles. The summed E-state index contributed by atoms with van der Waals surface area (Å²) in [5.41, 5.74) is 0.197. The van der Waals surface area contributed by atoms with Gasteiger partial charge in [-0.3, -0.25) is 4.79 Å².